The van der Waals surface area contributed by atoms with Crippen LogP contribution in [0.4, 0.5) is 14.9 Å². The third kappa shape index (κ3) is 4.33. The topological polar surface area (TPSA) is 43.8 Å². The summed E-state index contributed by atoms with van der Waals surface area (Å²) in [6.07, 6.45) is 3.01. The Hall–Kier alpha value is -2.32. The fourth-order valence-electron chi connectivity index (χ4n) is 2.61. The van der Waals surface area contributed by atoms with Gasteiger partial charge in [-0.05, 0) is 44.1 Å². The third-order valence-corrected chi connectivity index (χ3v) is 3.80. The molecule has 0 unspecified atom stereocenters. The van der Waals surface area contributed by atoms with E-state index in [4.69, 9.17) is 5.11 Å². The van der Waals surface area contributed by atoms with E-state index >= 15 is 0 Å². The second kappa shape index (κ2) is 7.80. The Labute approximate surface area is 136 Å². The van der Waals surface area contributed by atoms with Gasteiger partial charge < -0.3 is 10.0 Å². The molecule has 2 rings (SSSR count). The summed E-state index contributed by atoms with van der Waals surface area (Å²) in [7, 11) is 2.02. The Balaban J connectivity index is 1.99. The number of amides is 1. The summed E-state index contributed by atoms with van der Waals surface area (Å²) in [5, 5.41) is 9.07. The Morgan fingerprint density at radius 3 is 3.04 bits per heavy atom. The lowest BCUT2D eigenvalue weighted by molar-refractivity contribution is 0.202. The number of hydrogen-bond acceptors (Lipinski definition) is 2. The molecule has 1 amide bonds. The van der Waals surface area contributed by atoms with Gasteiger partial charge in [0.1, 0.15) is 5.82 Å². The molecule has 0 saturated carbocycles. The third-order valence-electron chi connectivity index (χ3n) is 3.80. The molecule has 0 aliphatic carbocycles. The molecule has 0 fully saturated rings. The summed E-state index contributed by atoms with van der Waals surface area (Å²) in [6.45, 7) is 5.82. The second-order valence-corrected chi connectivity index (χ2v) is 5.60. The first-order valence-corrected chi connectivity index (χ1v) is 7.64. The molecule has 0 aromatic heterocycles. The smallest absolute Gasteiger partial charge is 0.411 e. The lowest BCUT2D eigenvalue weighted by Gasteiger charge is -2.12. The van der Waals surface area contributed by atoms with E-state index in [1.54, 1.807) is 6.07 Å². The van der Waals surface area contributed by atoms with E-state index in [-0.39, 0.29) is 0 Å². The fourth-order valence-corrected chi connectivity index (χ4v) is 2.61. The first kappa shape index (κ1) is 17.0. The molecule has 0 radical (unpaired) electrons. The minimum atomic E-state index is -1.05. The summed E-state index contributed by atoms with van der Waals surface area (Å²) in [6, 6.07) is 2.95. The molecule has 5 heteroatoms. The average molecular weight is 316 g/mol. The molecule has 1 aliphatic heterocycles. The number of likely N-dealkylation sites (N-methyl/N-ethyl adjacent to an activating group) is 1. The minimum Gasteiger partial charge on any atom is -0.465 e. The quantitative estimate of drug-likeness (QED) is 0.516. The summed E-state index contributed by atoms with van der Waals surface area (Å²) in [4.78, 5) is 14.4. The van der Waals surface area contributed by atoms with Crippen molar-refractivity contribution in [3.05, 3.63) is 41.7 Å². The van der Waals surface area contributed by atoms with Gasteiger partial charge in [0.15, 0.2) is 0 Å². The van der Waals surface area contributed by atoms with Crippen LogP contribution in [-0.4, -0.2) is 42.8 Å². The SMILES string of the molecule is C=CCN(C)CCCC#Cc1cc2c(cc1F)N(C(=O)O)CC2. The molecular weight excluding hydrogens is 295 g/mol. The normalized spacial score (nSPS) is 12.7. The van der Waals surface area contributed by atoms with E-state index in [2.05, 4.69) is 23.3 Å². The van der Waals surface area contributed by atoms with E-state index in [1.807, 2.05) is 13.1 Å². The Bertz CT molecular complexity index is 661. The maximum atomic E-state index is 14.1. The van der Waals surface area contributed by atoms with Gasteiger partial charge in [0.2, 0.25) is 0 Å². The highest BCUT2D eigenvalue weighted by Gasteiger charge is 2.25. The van der Waals surface area contributed by atoms with Crippen LogP contribution in [0, 0.1) is 17.7 Å². The van der Waals surface area contributed by atoms with Gasteiger partial charge in [0.25, 0.3) is 0 Å². The van der Waals surface area contributed by atoms with Crippen LogP contribution in [0.25, 0.3) is 0 Å². The number of unbranched alkanes of at least 4 members (excludes halogenated alkanes) is 1. The molecular formula is C18H21FN2O2. The van der Waals surface area contributed by atoms with Gasteiger partial charge >= 0.3 is 6.09 Å². The molecule has 1 aromatic rings. The van der Waals surface area contributed by atoms with Crippen molar-refractivity contribution in [2.45, 2.75) is 19.3 Å². The van der Waals surface area contributed by atoms with Gasteiger partial charge in [0.05, 0.1) is 11.3 Å². The Morgan fingerprint density at radius 1 is 1.57 bits per heavy atom. The van der Waals surface area contributed by atoms with Crippen molar-refractivity contribution < 1.29 is 14.3 Å². The van der Waals surface area contributed by atoms with Gasteiger partial charge in [-0.25, -0.2) is 9.18 Å². The molecule has 0 saturated heterocycles. The molecule has 4 nitrogen and oxygen atoms in total. The van der Waals surface area contributed by atoms with Crippen LogP contribution in [0.1, 0.15) is 24.0 Å². The number of nitrogens with zero attached hydrogens (tertiary/aromatic N) is 2. The van der Waals surface area contributed by atoms with Gasteiger partial charge in [-0.3, -0.25) is 4.90 Å². The van der Waals surface area contributed by atoms with Crippen molar-refractivity contribution in [1.29, 1.82) is 0 Å². The standard InChI is InChI=1S/C18H21FN2O2/c1-3-9-20(2)10-6-4-5-7-14-12-15-8-11-21(18(22)23)17(15)13-16(14)19/h3,12-13H,1,4,6,8-11H2,2H3,(H,22,23). The zero-order valence-electron chi connectivity index (χ0n) is 13.3. The number of halogens is 1. The maximum absolute atomic E-state index is 14.1. The molecule has 0 atom stereocenters. The number of carbonyl (C=O) groups is 1. The predicted molar refractivity (Wildman–Crippen MR) is 89.3 cm³/mol. The summed E-state index contributed by atoms with van der Waals surface area (Å²) in [5.41, 5.74) is 1.62. The molecule has 1 N–H and O–H groups in total. The summed E-state index contributed by atoms with van der Waals surface area (Å²) in [5.74, 6) is 5.39. The van der Waals surface area contributed by atoms with Crippen molar-refractivity contribution in [2.75, 3.05) is 31.6 Å². The van der Waals surface area contributed by atoms with Gasteiger partial charge in [-0.2, -0.15) is 0 Å². The van der Waals surface area contributed by atoms with Crippen LogP contribution in [0.5, 0.6) is 0 Å². The zero-order chi connectivity index (χ0) is 16.8. The van der Waals surface area contributed by atoms with Gasteiger partial charge in [-0.1, -0.05) is 17.9 Å². The molecule has 23 heavy (non-hydrogen) atoms. The largest absolute Gasteiger partial charge is 0.465 e. The van der Waals surface area contributed by atoms with E-state index in [0.29, 0.717) is 30.6 Å². The van der Waals surface area contributed by atoms with Crippen LogP contribution in [0.3, 0.4) is 0 Å². The molecule has 0 bridgehead atoms. The van der Waals surface area contributed by atoms with Gasteiger partial charge in [-0.15, -0.1) is 6.58 Å². The highest BCUT2D eigenvalue weighted by atomic mass is 19.1. The highest BCUT2D eigenvalue weighted by Crippen LogP contribution is 2.30. The van der Waals surface area contributed by atoms with Crippen molar-refractivity contribution >= 4 is 11.8 Å². The average Bonchev–Trinajstić information content (AvgIpc) is 2.90. The lowest BCUT2D eigenvalue weighted by Crippen LogP contribution is -2.26. The zero-order valence-corrected chi connectivity index (χ0v) is 13.3. The monoisotopic (exact) mass is 316 g/mol. The van der Waals surface area contributed by atoms with E-state index in [1.165, 1.54) is 11.0 Å². The van der Waals surface area contributed by atoms with Crippen molar-refractivity contribution in [2.24, 2.45) is 0 Å². The molecule has 1 aromatic carbocycles. The van der Waals surface area contributed by atoms with Crippen LogP contribution in [-0.2, 0) is 6.42 Å². The number of anilines is 1. The number of rotatable bonds is 5. The van der Waals surface area contributed by atoms with Crippen molar-refractivity contribution in [3.63, 3.8) is 0 Å². The van der Waals surface area contributed by atoms with Crippen LogP contribution < -0.4 is 4.90 Å². The molecule has 1 heterocycles. The second-order valence-electron chi connectivity index (χ2n) is 5.60. The van der Waals surface area contributed by atoms with Gasteiger partial charge in [0, 0.05) is 19.5 Å². The molecule has 0 spiro atoms. The van der Waals surface area contributed by atoms with E-state index in [0.717, 1.165) is 25.1 Å². The number of hydrogen-bond donors (Lipinski definition) is 1. The number of fused-ring (bicyclic) bond motifs is 1. The summed E-state index contributed by atoms with van der Waals surface area (Å²) < 4.78 is 14.1. The van der Waals surface area contributed by atoms with Crippen molar-refractivity contribution in [1.82, 2.24) is 4.90 Å². The maximum Gasteiger partial charge on any atom is 0.411 e. The van der Waals surface area contributed by atoms with Crippen molar-refractivity contribution in [3.8, 4) is 11.8 Å². The first-order valence-electron chi connectivity index (χ1n) is 7.64. The molecule has 1 aliphatic rings. The van der Waals surface area contributed by atoms with Crippen LogP contribution >= 0.6 is 0 Å². The first-order chi connectivity index (χ1) is 11.0. The highest BCUT2D eigenvalue weighted by molar-refractivity contribution is 5.89. The van der Waals surface area contributed by atoms with Crippen LogP contribution in [0.15, 0.2) is 24.8 Å². The van der Waals surface area contributed by atoms with Crippen LogP contribution in [0.2, 0.25) is 0 Å². The minimum absolute atomic E-state index is 0.343. The Morgan fingerprint density at radius 2 is 2.35 bits per heavy atom. The lowest BCUT2D eigenvalue weighted by atomic mass is 10.1. The Kier molecular flexibility index (Phi) is 5.78. The predicted octanol–water partition coefficient (Wildman–Crippen LogP) is 3.12. The molecule has 122 valence electrons. The summed E-state index contributed by atoms with van der Waals surface area (Å²) >= 11 is 0. The number of benzene rings is 1. The number of carboxylic acid groups (broad SMARTS) is 1. The van der Waals surface area contributed by atoms with E-state index < -0.39 is 11.9 Å². The fraction of sp³-hybridized carbons (Fsp3) is 0.389. The van der Waals surface area contributed by atoms with E-state index in [9.17, 15) is 9.18 Å².